The first-order chi connectivity index (χ1) is 8.79. The summed E-state index contributed by atoms with van der Waals surface area (Å²) in [6.45, 7) is 1.88. The van der Waals surface area contributed by atoms with Gasteiger partial charge in [0, 0.05) is 11.6 Å². The Morgan fingerprint density at radius 3 is 2.94 bits per heavy atom. The summed E-state index contributed by atoms with van der Waals surface area (Å²) >= 11 is 6.26. The van der Waals surface area contributed by atoms with E-state index in [1.54, 1.807) is 0 Å². The first-order valence-corrected chi connectivity index (χ1v) is 6.75. The van der Waals surface area contributed by atoms with Gasteiger partial charge in [-0.2, -0.15) is 0 Å². The maximum absolute atomic E-state index is 9.34. The minimum absolute atomic E-state index is 0.0244. The minimum Gasteiger partial charge on any atom is -0.392 e. The highest BCUT2D eigenvalue weighted by Gasteiger charge is 2.20. The molecule has 1 fully saturated rings. The van der Waals surface area contributed by atoms with Crippen molar-refractivity contribution in [1.82, 2.24) is 9.88 Å². The summed E-state index contributed by atoms with van der Waals surface area (Å²) in [5.74, 6) is 0.871. The number of aromatic nitrogens is 1. The van der Waals surface area contributed by atoms with Crippen molar-refractivity contribution in [2.75, 3.05) is 6.54 Å². The van der Waals surface area contributed by atoms with Crippen LogP contribution in [0.5, 0.6) is 0 Å². The molecule has 2 N–H and O–H groups in total. The van der Waals surface area contributed by atoms with Gasteiger partial charge in [0.2, 0.25) is 0 Å². The largest absolute Gasteiger partial charge is 0.392 e. The van der Waals surface area contributed by atoms with Crippen LogP contribution in [0.1, 0.15) is 18.4 Å². The lowest BCUT2D eigenvalue weighted by Crippen LogP contribution is -2.20. The van der Waals surface area contributed by atoms with Crippen LogP contribution in [-0.2, 0) is 13.3 Å². The summed E-state index contributed by atoms with van der Waals surface area (Å²) in [6, 6.07) is 5.91. The van der Waals surface area contributed by atoms with Crippen LogP contribution in [0.25, 0.3) is 10.9 Å². The van der Waals surface area contributed by atoms with Gasteiger partial charge in [-0.1, -0.05) is 23.7 Å². The minimum atomic E-state index is 0.0244. The molecule has 3 nitrogen and oxygen atoms in total. The molecule has 0 unspecified atom stereocenters. The molecule has 0 radical (unpaired) electrons. The summed E-state index contributed by atoms with van der Waals surface area (Å²) in [6.07, 6.45) is 4.65. The number of fused-ring (bicyclic) bond motifs is 1. The molecule has 2 aromatic rings. The van der Waals surface area contributed by atoms with E-state index in [0.29, 0.717) is 5.02 Å². The molecule has 4 heteroatoms. The van der Waals surface area contributed by atoms with Crippen LogP contribution in [0.3, 0.4) is 0 Å². The van der Waals surface area contributed by atoms with E-state index in [9.17, 15) is 5.11 Å². The Balaban J connectivity index is 1.86. The van der Waals surface area contributed by atoms with Crippen LogP contribution in [0.2, 0.25) is 5.02 Å². The first kappa shape index (κ1) is 12.0. The fraction of sp³-hybridized carbons (Fsp3) is 0.429. The Morgan fingerprint density at radius 2 is 2.22 bits per heavy atom. The molecule has 1 heterocycles. The van der Waals surface area contributed by atoms with E-state index in [2.05, 4.69) is 9.88 Å². The quantitative estimate of drug-likeness (QED) is 0.871. The number of nitrogens with one attached hydrogen (secondary N) is 1. The van der Waals surface area contributed by atoms with Crippen LogP contribution >= 0.6 is 11.6 Å². The van der Waals surface area contributed by atoms with Crippen LogP contribution in [-0.4, -0.2) is 16.2 Å². The van der Waals surface area contributed by atoms with E-state index >= 15 is 0 Å². The lowest BCUT2D eigenvalue weighted by molar-refractivity contribution is 0.283. The van der Waals surface area contributed by atoms with Crippen LogP contribution in [0.15, 0.2) is 24.4 Å². The lowest BCUT2D eigenvalue weighted by Gasteiger charge is -2.07. The maximum Gasteiger partial charge on any atom is 0.0726 e. The number of nitrogens with zero attached hydrogens (tertiary/aromatic N) is 1. The predicted octanol–water partition coefficient (Wildman–Crippen LogP) is 2.74. The number of halogens is 1. The lowest BCUT2D eigenvalue weighted by atomic mass is 10.1. The number of aliphatic hydroxyl groups is 1. The van der Waals surface area contributed by atoms with Gasteiger partial charge in [-0.05, 0) is 36.9 Å². The van der Waals surface area contributed by atoms with E-state index < -0.39 is 0 Å². The van der Waals surface area contributed by atoms with Crippen LogP contribution < -0.4 is 5.32 Å². The fourth-order valence-corrected chi connectivity index (χ4v) is 2.68. The van der Waals surface area contributed by atoms with E-state index in [1.807, 2.05) is 24.4 Å². The van der Waals surface area contributed by atoms with Crippen molar-refractivity contribution in [1.29, 1.82) is 0 Å². The molecule has 3 rings (SSSR count). The van der Waals surface area contributed by atoms with Gasteiger partial charge in [0.25, 0.3) is 0 Å². The molecule has 1 aliphatic carbocycles. The standard InChI is InChI=1S/C14H17ClN2O/c15-12-7-17(9-16-6-10-4-5-10)13-3-1-2-11(8-18)14(12)13/h1-3,7,10,16,18H,4-6,8-9H2. The Labute approximate surface area is 111 Å². The van der Waals surface area contributed by atoms with Crippen molar-refractivity contribution < 1.29 is 5.11 Å². The molecule has 1 saturated carbocycles. The molecule has 0 spiro atoms. The van der Waals surface area contributed by atoms with Crippen molar-refractivity contribution in [2.45, 2.75) is 26.1 Å². The second kappa shape index (κ2) is 4.92. The third-order valence-corrected chi connectivity index (χ3v) is 3.82. The highest BCUT2D eigenvalue weighted by Crippen LogP contribution is 2.30. The number of rotatable bonds is 5. The van der Waals surface area contributed by atoms with Crippen molar-refractivity contribution in [3.63, 3.8) is 0 Å². The third kappa shape index (κ3) is 2.26. The Hall–Kier alpha value is -1.03. The molecule has 1 aromatic heterocycles. The van der Waals surface area contributed by atoms with E-state index in [4.69, 9.17) is 11.6 Å². The summed E-state index contributed by atoms with van der Waals surface area (Å²) in [4.78, 5) is 0. The van der Waals surface area contributed by atoms with Crippen molar-refractivity contribution in [3.8, 4) is 0 Å². The third-order valence-electron chi connectivity index (χ3n) is 3.53. The monoisotopic (exact) mass is 264 g/mol. The molecule has 96 valence electrons. The van der Waals surface area contributed by atoms with E-state index in [-0.39, 0.29) is 6.61 Å². The molecule has 0 atom stereocenters. The summed E-state index contributed by atoms with van der Waals surface area (Å²) in [7, 11) is 0. The van der Waals surface area contributed by atoms with E-state index in [1.165, 1.54) is 12.8 Å². The number of hydrogen-bond acceptors (Lipinski definition) is 2. The topological polar surface area (TPSA) is 37.2 Å². The van der Waals surface area contributed by atoms with Gasteiger partial charge in [0.05, 0.1) is 23.8 Å². The molecule has 18 heavy (non-hydrogen) atoms. The molecule has 0 saturated heterocycles. The van der Waals surface area contributed by atoms with Gasteiger partial charge in [0.1, 0.15) is 0 Å². The second-order valence-electron chi connectivity index (χ2n) is 4.97. The molecular weight excluding hydrogens is 248 g/mol. The fourth-order valence-electron chi connectivity index (χ4n) is 2.35. The first-order valence-electron chi connectivity index (χ1n) is 6.37. The Morgan fingerprint density at radius 1 is 1.39 bits per heavy atom. The summed E-state index contributed by atoms with van der Waals surface area (Å²) in [5.41, 5.74) is 1.97. The normalized spacial score (nSPS) is 15.4. The molecular formula is C14H17ClN2O. The van der Waals surface area contributed by atoms with Crippen LogP contribution in [0.4, 0.5) is 0 Å². The number of aliphatic hydroxyl groups excluding tert-OH is 1. The highest BCUT2D eigenvalue weighted by molar-refractivity contribution is 6.35. The summed E-state index contributed by atoms with van der Waals surface area (Å²) < 4.78 is 2.11. The van der Waals surface area contributed by atoms with Crippen molar-refractivity contribution in [3.05, 3.63) is 35.0 Å². The van der Waals surface area contributed by atoms with Gasteiger partial charge in [-0.15, -0.1) is 0 Å². The molecule has 0 bridgehead atoms. The average molecular weight is 265 g/mol. The van der Waals surface area contributed by atoms with Gasteiger partial charge >= 0.3 is 0 Å². The predicted molar refractivity (Wildman–Crippen MR) is 73.6 cm³/mol. The van der Waals surface area contributed by atoms with Crippen LogP contribution in [0, 0.1) is 5.92 Å². The zero-order valence-electron chi connectivity index (χ0n) is 10.2. The smallest absolute Gasteiger partial charge is 0.0726 e. The van der Waals surface area contributed by atoms with Gasteiger partial charge in [-0.3, -0.25) is 5.32 Å². The van der Waals surface area contributed by atoms with Crippen molar-refractivity contribution >= 4 is 22.5 Å². The van der Waals surface area contributed by atoms with Crippen molar-refractivity contribution in [2.24, 2.45) is 5.92 Å². The molecule has 1 aliphatic rings. The highest BCUT2D eigenvalue weighted by atomic mass is 35.5. The van der Waals surface area contributed by atoms with Gasteiger partial charge in [-0.25, -0.2) is 0 Å². The van der Waals surface area contributed by atoms with Gasteiger partial charge < -0.3 is 9.67 Å². The molecule has 1 aromatic carbocycles. The zero-order valence-corrected chi connectivity index (χ0v) is 11.0. The summed E-state index contributed by atoms with van der Waals surface area (Å²) in [5, 5.41) is 14.5. The Bertz CT molecular complexity index is 560. The number of benzene rings is 1. The maximum atomic E-state index is 9.34. The number of hydrogen-bond donors (Lipinski definition) is 2. The van der Waals surface area contributed by atoms with E-state index in [0.717, 1.165) is 35.6 Å². The average Bonchev–Trinajstić information content (AvgIpc) is 3.15. The molecule has 0 aliphatic heterocycles. The second-order valence-corrected chi connectivity index (χ2v) is 5.38. The zero-order chi connectivity index (χ0) is 12.5. The molecule has 0 amide bonds. The van der Waals surface area contributed by atoms with Gasteiger partial charge in [0.15, 0.2) is 0 Å². The Kier molecular flexibility index (Phi) is 3.29. The SMILES string of the molecule is OCc1cccc2c1c(Cl)cn2CNCC1CC1.